The van der Waals surface area contributed by atoms with Crippen molar-refractivity contribution >= 4 is 35.2 Å². The van der Waals surface area contributed by atoms with E-state index < -0.39 is 10.3 Å². The number of alkyl halides is 2. The second-order valence-corrected chi connectivity index (χ2v) is 8.17. The summed E-state index contributed by atoms with van der Waals surface area (Å²) in [7, 11) is 1.56. The van der Waals surface area contributed by atoms with Crippen LogP contribution in [0.2, 0.25) is 0 Å². The quantitative estimate of drug-likeness (QED) is 0.348. The number of carbonyl (C=O) groups excluding carboxylic acids is 1. The number of benzene rings is 1. The van der Waals surface area contributed by atoms with Gasteiger partial charge < -0.3 is 18.7 Å². The molecule has 1 aliphatic rings. The van der Waals surface area contributed by atoms with E-state index >= 15 is 0 Å². The summed E-state index contributed by atoms with van der Waals surface area (Å²) >= 11 is 11.8. The standard InChI is InChI=1S/C20H21Cl2NO5/c1-12-16(13(2)28-23-12)11-26-17-6-4-14(8-18(17)25-3)5-7-19(24)27-10-15-9-20(15,21)22/h4-8,15H,9-11H2,1-3H3/b7-5+/t15-/m1/s1. The molecule has 1 atom stereocenters. The zero-order valence-corrected chi connectivity index (χ0v) is 17.3. The predicted octanol–water partition coefficient (Wildman–Crippen LogP) is 4.63. The maximum atomic E-state index is 11.8. The lowest BCUT2D eigenvalue weighted by Gasteiger charge is -2.11. The van der Waals surface area contributed by atoms with E-state index in [-0.39, 0.29) is 12.5 Å². The maximum absolute atomic E-state index is 11.8. The van der Waals surface area contributed by atoms with E-state index in [1.54, 1.807) is 25.3 Å². The van der Waals surface area contributed by atoms with Crippen LogP contribution in [0.4, 0.5) is 0 Å². The van der Waals surface area contributed by atoms with Crippen molar-refractivity contribution in [3.8, 4) is 11.5 Å². The molecule has 0 bridgehead atoms. The lowest BCUT2D eigenvalue weighted by Crippen LogP contribution is -2.06. The third-order valence-electron chi connectivity index (χ3n) is 4.54. The number of aryl methyl sites for hydroxylation is 2. The lowest BCUT2D eigenvalue weighted by molar-refractivity contribution is -0.138. The lowest BCUT2D eigenvalue weighted by atomic mass is 10.2. The molecule has 150 valence electrons. The fourth-order valence-corrected chi connectivity index (χ4v) is 3.11. The van der Waals surface area contributed by atoms with Crippen LogP contribution in [0, 0.1) is 19.8 Å². The summed E-state index contributed by atoms with van der Waals surface area (Å²) in [6.45, 7) is 4.24. The molecule has 8 heteroatoms. The van der Waals surface area contributed by atoms with Crippen LogP contribution in [0.1, 0.15) is 29.0 Å². The Morgan fingerprint density at radius 1 is 1.36 bits per heavy atom. The molecule has 0 spiro atoms. The minimum Gasteiger partial charge on any atom is -0.493 e. The number of rotatable bonds is 8. The Kier molecular flexibility index (Phi) is 6.20. The largest absolute Gasteiger partial charge is 0.493 e. The van der Waals surface area contributed by atoms with Crippen molar-refractivity contribution < 1.29 is 23.5 Å². The van der Waals surface area contributed by atoms with Gasteiger partial charge in [0.05, 0.1) is 25.0 Å². The highest BCUT2D eigenvalue weighted by atomic mass is 35.5. The molecule has 28 heavy (non-hydrogen) atoms. The Balaban J connectivity index is 1.58. The highest BCUT2D eigenvalue weighted by Crippen LogP contribution is 2.53. The molecule has 0 aliphatic heterocycles. The van der Waals surface area contributed by atoms with E-state index in [0.717, 1.165) is 22.6 Å². The number of hydrogen-bond acceptors (Lipinski definition) is 6. The molecule has 1 aromatic carbocycles. The number of ether oxygens (including phenoxy) is 3. The monoisotopic (exact) mass is 425 g/mol. The topological polar surface area (TPSA) is 70.8 Å². The first-order valence-corrected chi connectivity index (χ1v) is 9.51. The Labute approximate surface area is 173 Å². The van der Waals surface area contributed by atoms with Gasteiger partial charge >= 0.3 is 5.97 Å². The number of methoxy groups -OCH3 is 1. The van der Waals surface area contributed by atoms with Gasteiger partial charge in [0.1, 0.15) is 16.7 Å². The van der Waals surface area contributed by atoms with Crippen molar-refractivity contribution in [3.63, 3.8) is 0 Å². The highest BCUT2D eigenvalue weighted by Gasteiger charge is 2.52. The van der Waals surface area contributed by atoms with Gasteiger partial charge in [0.15, 0.2) is 11.5 Å². The molecule has 6 nitrogen and oxygen atoms in total. The van der Waals surface area contributed by atoms with E-state index in [2.05, 4.69) is 5.16 Å². The van der Waals surface area contributed by atoms with Gasteiger partial charge in [0.2, 0.25) is 0 Å². The van der Waals surface area contributed by atoms with Gasteiger partial charge in [-0.25, -0.2) is 4.79 Å². The Bertz CT molecular complexity index is 871. The van der Waals surface area contributed by atoms with Crippen LogP contribution in [-0.4, -0.2) is 29.2 Å². The number of nitrogens with zero attached hydrogens (tertiary/aromatic N) is 1. The minimum absolute atomic E-state index is 0.00223. The average Bonchev–Trinajstić information content (AvgIpc) is 3.16. The van der Waals surface area contributed by atoms with E-state index in [9.17, 15) is 4.79 Å². The predicted molar refractivity (Wildman–Crippen MR) is 106 cm³/mol. The van der Waals surface area contributed by atoms with Crippen LogP contribution >= 0.6 is 23.2 Å². The molecule has 1 aromatic heterocycles. The summed E-state index contributed by atoms with van der Waals surface area (Å²) in [5.74, 6) is 1.41. The fourth-order valence-electron chi connectivity index (χ4n) is 2.61. The average molecular weight is 426 g/mol. The zero-order chi connectivity index (χ0) is 20.3. The van der Waals surface area contributed by atoms with Gasteiger partial charge in [-0.2, -0.15) is 0 Å². The van der Waals surface area contributed by atoms with Gasteiger partial charge in [-0.1, -0.05) is 11.2 Å². The number of hydrogen-bond donors (Lipinski definition) is 0. The van der Waals surface area contributed by atoms with Crippen LogP contribution in [0.25, 0.3) is 6.08 Å². The summed E-state index contributed by atoms with van der Waals surface area (Å²) in [6, 6.07) is 5.37. The molecule has 1 aliphatic carbocycles. The SMILES string of the molecule is COc1cc(/C=C/C(=O)OC[C@H]2CC2(Cl)Cl)ccc1OCc1c(C)noc1C. The summed E-state index contributed by atoms with van der Waals surface area (Å²) in [6.07, 6.45) is 3.63. The molecule has 1 saturated carbocycles. The van der Waals surface area contributed by atoms with Crippen LogP contribution in [0.3, 0.4) is 0 Å². The third-order valence-corrected chi connectivity index (χ3v) is 5.46. The Hall–Kier alpha value is -2.18. The summed E-state index contributed by atoms with van der Waals surface area (Å²) in [5.41, 5.74) is 2.47. The van der Waals surface area contributed by atoms with Crippen LogP contribution < -0.4 is 9.47 Å². The smallest absolute Gasteiger partial charge is 0.330 e. The molecule has 0 amide bonds. The van der Waals surface area contributed by atoms with E-state index in [1.165, 1.54) is 6.08 Å². The van der Waals surface area contributed by atoms with Crippen molar-refractivity contribution in [3.05, 3.63) is 46.9 Å². The minimum atomic E-state index is -0.753. The van der Waals surface area contributed by atoms with Crippen molar-refractivity contribution in [2.24, 2.45) is 5.92 Å². The van der Waals surface area contributed by atoms with E-state index in [0.29, 0.717) is 24.5 Å². The highest BCUT2D eigenvalue weighted by molar-refractivity contribution is 6.50. The third kappa shape index (κ3) is 5.00. The molecule has 0 unspecified atom stereocenters. The Morgan fingerprint density at radius 3 is 2.71 bits per heavy atom. The number of esters is 1. The molecular formula is C20H21Cl2NO5. The Morgan fingerprint density at radius 2 is 2.11 bits per heavy atom. The van der Waals surface area contributed by atoms with E-state index in [4.69, 9.17) is 41.9 Å². The van der Waals surface area contributed by atoms with Gasteiger partial charge in [-0.05, 0) is 44.0 Å². The van der Waals surface area contributed by atoms with Gasteiger partial charge in [-0.3, -0.25) is 0 Å². The first-order valence-electron chi connectivity index (χ1n) is 8.75. The summed E-state index contributed by atoms with van der Waals surface area (Å²) in [4.78, 5) is 11.8. The second kappa shape index (κ2) is 8.45. The molecule has 3 rings (SSSR count). The van der Waals surface area contributed by atoms with Crippen LogP contribution in [0.5, 0.6) is 11.5 Å². The van der Waals surface area contributed by atoms with Crippen molar-refractivity contribution in [1.29, 1.82) is 0 Å². The molecule has 0 saturated heterocycles. The normalized spacial score (nSPS) is 17.5. The van der Waals surface area contributed by atoms with Crippen molar-refractivity contribution in [2.75, 3.05) is 13.7 Å². The second-order valence-electron chi connectivity index (χ2n) is 6.63. The van der Waals surface area contributed by atoms with Gasteiger partial charge in [0.25, 0.3) is 0 Å². The molecule has 0 N–H and O–H groups in total. The van der Waals surface area contributed by atoms with Gasteiger partial charge in [0, 0.05) is 12.0 Å². The summed E-state index contributed by atoms with van der Waals surface area (Å²) < 4.78 is 20.8. The zero-order valence-electron chi connectivity index (χ0n) is 15.8. The van der Waals surface area contributed by atoms with Crippen LogP contribution in [0.15, 0.2) is 28.8 Å². The molecule has 2 aromatic rings. The molecule has 1 fully saturated rings. The van der Waals surface area contributed by atoms with E-state index in [1.807, 2.05) is 19.9 Å². The maximum Gasteiger partial charge on any atom is 0.330 e. The molecule has 0 radical (unpaired) electrons. The van der Waals surface area contributed by atoms with Crippen molar-refractivity contribution in [1.82, 2.24) is 5.16 Å². The van der Waals surface area contributed by atoms with Crippen molar-refractivity contribution in [2.45, 2.75) is 31.2 Å². The first kappa shape index (κ1) is 20.6. The molecular weight excluding hydrogens is 405 g/mol. The number of aromatic nitrogens is 1. The summed E-state index contributed by atoms with van der Waals surface area (Å²) in [5, 5.41) is 3.91. The van der Waals surface area contributed by atoms with Crippen LogP contribution in [-0.2, 0) is 16.1 Å². The first-order chi connectivity index (χ1) is 13.3. The number of carbonyl (C=O) groups is 1. The number of halogens is 2. The molecule has 1 heterocycles. The fraction of sp³-hybridized carbons (Fsp3) is 0.400. The van der Waals surface area contributed by atoms with Gasteiger partial charge in [-0.15, -0.1) is 23.2 Å².